The highest BCUT2D eigenvalue weighted by molar-refractivity contribution is 5.77. The Balaban J connectivity index is 2.21. The van der Waals surface area contributed by atoms with Gasteiger partial charge in [0, 0.05) is 5.56 Å². The fourth-order valence-electron chi connectivity index (χ4n) is 2.72. The number of hydrogen-bond acceptors (Lipinski definition) is 7. The number of aliphatic hydroxyl groups is 1. The summed E-state index contributed by atoms with van der Waals surface area (Å²) in [4.78, 5) is 15.9. The largest absolute Gasteiger partial charge is 0.472 e. The van der Waals surface area contributed by atoms with Gasteiger partial charge in [-0.05, 0) is 13.0 Å². The Morgan fingerprint density at radius 3 is 2.92 bits per heavy atom. The van der Waals surface area contributed by atoms with Crippen LogP contribution in [-0.2, 0) is 9.53 Å². The molecule has 0 saturated carbocycles. The van der Waals surface area contributed by atoms with E-state index in [1.165, 1.54) is 25.5 Å². The molecule has 1 aliphatic heterocycles. The molecule has 3 rings (SSSR count). The van der Waals surface area contributed by atoms with Crippen LogP contribution in [0.15, 0.2) is 29.3 Å². The number of rotatable bonds is 3. The number of aromatic nitrogens is 3. The number of esters is 1. The number of anilines is 1. The van der Waals surface area contributed by atoms with Crippen molar-refractivity contribution < 1.29 is 32.2 Å². The van der Waals surface area contributed by atoms with Gasteiger partial charge in [0.1, 0.15) is 18.3 Å². The molecule has 0 spiro atoms. The molecule has 0 amide bonds. The van der Waals surface area contributed by atoms with E-state index in [0.717, 1.165) is 11.0 Å². The lowest BCUT2D eigenvalue weighted by Gasteiger charge is -2.43. The minimum atomic E-state index is -5.18. The summed E-state index contributed by atoms with van der Waals surface area (Å²) in [6.45, 7) is 1.31. The fourth-order valence-corrected chi connectivity index (χ4v) is 2.72. The summed E-state index contributed by atoms with van der Waals surface area (Å²) in [6, 6.07) is 0.0676. The normalized spacial score (nSPS) is 26.5. The number of furan rings is 1. The number of fused-ring (bicyclic) bond motifs is 1. The fraction of sp³-hybridized carbons (Fsp3) is 0.462. The second-order valence-corrected chi connectivity index (χ2v) is 5.15. The van der Waals surface area contributed by atoms with Crippen LogP contribution < -0.4 is 5.32 Å². The van der Waals surface area contributed by atoms with Gasteiger partial charge in [0.25, 0.3) is 5.72 Å². The zero-order chi connectivity index (χ0) is 17.5. The molecule has 0 aliphatic carbocycles. The third-order valence-corrected chi connectivity index (χ3v) is 3.76. The molecule has 11 heteroatoms. The molecule has 3 atom stereocenters. The zero-order valence-corrected chi connectivity index (χ0v) is 12.3. The van der Waals surface area contributed by atoms with Crippen LogP contribution in [0.2, 0.25) is 0 Å². The predicted molar refractivity (Wildman–Crippen MR) is 71.6 cm³/mol. The lowest BCUT2D eigenvalue weighted by Crippen LogP contribution is -2.64. The van der Waals surface area contributed by atoms with Gasteiger partial charge in [0.2, 0.25) is 5.95 Å². The van der Waals surface area contributed by atoms with Crippen LogP contribution in [0.5, 0.6) is 0 Å². The first kappa shape index (κ1) is 16.3. The SMILES string of the molecule is CCOC(=O)[C@@H]1[C@@H](c2ccoc2)n2ncnc2N[C@@]1(O)C(F)(F)F. The lowest BCUT2D eigenvalue weighted by molar-refractivity contribution is -0.274. The van der Waals surface area contributed by atoms with Gasteiger partial charge in [0.15, 0.2) is 0 Å². The number of carbonyl (C=O) groups is 1. The average molecular weight is 346 g/mol. The molecule has 0 bridgehead atoms. The van der Waals surface area contributed by atoms with Crippen molar-refractivity contribution >= 4 is 11.9 Å². The Morgan fingerprint density at radius 2 is 2.33 bits per heavy atom. The summed E-state index contributed by atoms with van der Waals surface area (Å²) in [7, 11) is 0. The summed E-state index contributed by atoms with van der Waals surface area (Å²) in [5.41, 5.74) is -3.37. The first-order valence-corrected chi connectivity index (χ1v) is 6.95. The van der Waals surface area contributed by atoms with E-state index in [1.807, 2.05) is 5.32 Å². The Bertz CT molecular complexity index is 730. The van der Waals surface area contributed by atoms with Crippen molar-refractivity contribution in [3.8, 4) is 0 Å². The molecule has 2 aromatic heterocycles. The van der Waals surface area contributed by atoms with Crippen LogP contribution in [0.1, 0.15) is 18.5 Å². The Labute approximate surface area is 133 Å². The molecule has 0 aromatic carbocycles. The van der Waals surface area contributed by atoms with Crippen LogP contribution in [0.4, 0.5) is 19.1 Å². The van der Waals surface area contributed by atoms with E-state index in [4.69, 9.17) is 9.15 Å². The molecule has 0 fully saturated rings. The third kappa shape index (κ3) is 2.31. The van der Waals surface area contributed by atoms with Gasteiger partial charge in [-0.1, -0.05) is 0 Å². The smallest absolute Gasteiger partial charge is 0.437 e. The summed E-state index contributed by atoms with van der Waals surface area (Å²) in [6.07, 6.45) is -1.75. The molecule has 2 N–H and O–H groups in total. The quantitative estimate of drug-likeness (QED) is 0.808. The maximum Gasteiger partial charge on any atom is 0.437 e. The van der Waals surface area contributed by atoms with Crippen LogP contribution in [0, 0.1) is 5.92 Å². The molecule has 0 radical (unpaired) electrons. The van der Waals surface area contributed by atoms with Gasteiger partial charge >= 0.3 is 12.1 Å². The van der Waals surface area contributed by atoms with Crippen molar-refractivity contribution in [3.63, 3.8) is 0 Å². The van der Waals surface area contributed by atoms with Crippen LogP contribution in [-0.4, -0.2) is 44.3 Å². The van der Waals surface area contributed by atoms with E-state index in [9.17, 15) is 23.1 Å². The van der Waals surface area contributed by atoms with Crippen molar-refractivity contribution in [3.05, 3.63) is 30.5 Å². The molecule has 3 heterocycles. The van der Waals surface area contributed by atoms with Gasteiger partial charge in [-0.3, -0.25) is 4.79 Å². The third-order valence-electron chi connectivity index (χ3n) is 3.76. The number of halogens is 3. The van der Waals surface area contributed by atoms with Crippen molar-refractivity contribution in [1.29, 1.82) is 0 Å². The van der Waals surface area contributed by atoms with E-state index >= 15 is 0 Å². The number of alkyl halides is 3. The van der Waals surface area contributed by atoms with E-state index < -0.39 is 29.8 Å². The zero-order valence-electron chi connectivity index (χ0n) is 12.3. The van der Waals surface area contributed by atoms with Gasteiger partial charge in [-0.25, -0.2) is 4.68 Å². The van der Waals surface area contributed by atoms with Crippen molar-refractivity contribution in [2.75, 3.05) is 11.9 Å². The van der Waals surface area contributed by atoms with E-state index in [-0.39, 0.29) is 18.1 Å². The number of nitrogens with one attached hydrogen (secondary N) is 1. The van der Waals surface area contributed by atoms with Crippen LogP contribution >= 0.6 is 0 Å². The maximum atomic E-state index is 13.6. The van der Waals surface area contributed by atoms with E-state index in [2.05, 4.69) is 10.1 Å². The monoisotopic (exact) mass is 346 g/mol. The van der Waals surface area contributed by atoms with Gasteiger partial charge in [-0.2, -0.15) is 23.3 Å². The Morgan fingerprint density at radius 1 is 1.58 bits per heavy atom. The van der Waals surface area contributed by atoms with Gasteiger partial charge in [0.05, 0.1) is 19.1 Å². The molecule has 130 valence electrons. The Kier molecular flexibility index (Phi) is 3.74. The lowest BCUT2D eigenvalue weighted by atomic mass is 9.83. The molecule has 2 aromatic rings. The number of ether oxygens (including phenoxy) is 1. The number of hydrogen-bond donors (Lipinski definition) is 2. The molecule has 0 unspecified atom stereocenters. The maximum absolute atomic E-state index is 13.6. The average Bonchev–Trinajstić information content (AvgIpc) is 3.15. The van der Waals surface area contributed by atoms with Crippen molar-refractivity contribution in [2.45, 2.75) is 24.9 Å². The Hall–Kier alpha value is -2.56. The highest BCUT2D eigenvalue weighted by atomic mass is 19.4. The predicted octanol–water partition coefficient (Wildman–Crippen LogP) is 1.32. The standard InChI is InChI=1S/C13H13F3N4O4/c1-2-24-10(21)8-9(7-3-4-23-5-7)20-11(17-6-18-20)19-12(8,22)13(14,15)16/h3-6,8-9,22H,2H2,1H3,(H,17,18,19)/t8-,9+,12-/m0/s1. The molecule has 1 aliphatic rings. The van der Waals surface area contributed by atoms with Gasteiger partial charge < -0.3 is 19.6 Å². The first-order chi connectivity index (χ1) is 11.3. The molecule has 8 nitrogen and oxygen atoms in total. The second kappa shape index (κ2) is 5.51. The van der Waals surface area contributed by atoms with E-state index in [0.29, 0.717) is 0 Å². The van der Waals surface area contributed by atoms with Crippen molar-refractivity contribution in [2.24, 2.45) is 5.92 Å². The summed E-state index contributed by atoms with van der Waals surface area (Å²) in [5.74, 6) is -3.61. The molecule has 0 saturated heterocycles. The van der Waals surface area contributed by atoms with Gasteiger partial charge in [-0.15, -0.1) is 0 Å². The minimum absolute atomic E-state index is 0.147. The number of carbonyl (C=O) groups excluding carboxylic acids is 1. The molecule has 24 heavy (non-hydrogen) atoms. The highest BCUT2D eigenvalue weighted by Crippen LogP contribution is 2.47. The summed E-state index contributed by atoms with van der Waals surface area (Å²) < 4.78 is 51.5. The second-order valence-electron chi connectivity index (χ2n) is 5.15. The van der Waals surface area contributed by atoms with Crippen LogP contribution in [0.3, 0.4) is 0 Å². The highest BCUT2D eigenvalue weighted by Gasteiger charge is 2.67. The van der Waals surface area contributed by atoms with Crippen molar-refractivity contribution in [1.82, 2.24) is 14.8 Å². The first-order valence-electron chi connectivity index (χ1n) is 6.95. The van der Waals surface area contributed by atoms with E-state index in [1.54, 1.807) is 0 Å². The number of nitrogens with zero attached hydrogens (tertiary/aromatic N) is 3. The summed E-state index contributed by atoms with van der Waals surface area (Å²) in [5, 5.41) is 16.1. The minimum Gasteiger partial charge on any atom is -0.472 e. The molecular weight excluding hydrogens is 333 g/mol. The summed E-state index contributed by atoms with van der Waals surface area (Å²) >= 11 is 0. The molecular formula is C13H13F3N4O4. The van der Waals surface area contributed by atoms with Crippen LogP contribution in [0.25, 0.3) is 0 Å². The topological polar surface area (TPSA) is 102 Å².